The van der Waals surface area contributed by atoms with Gasteiger partial charge in [0, 0.05) is 29.7 Å². The molecule has 1 aromatic carbocycles. The predicted molar refractivity (Wildman–Crippen MR) is 121 cm³/mol. The van der Waals surface area contributed by atoms with Gasteiger partial charge in [-0.3, -0.25) is 14.7 Å². The Morgan fingerprint density at radius 1 is 1.19 bits per heavy atom. The molecule has 0 atom stereocenters. The zero-order chi connectivity index (χ0) is 22.0. The largest absolute Gasteiger partial charge is 0.378 e. The van der Waals surface area contributed by atoms with E-state index < -0.39 is 5.41 Å². The van der Waals surface area contributed by atoms with E-state index in [-0.39, 0.29) is 18.4 Å². The average Bonchev–Trinajstić information content (AvgIpc) is 3.41. The molecule has 1 fully saturated rings. The fraction of sp³-hybridized carbons (Fsp3) is 0.458. The number of aryl methyl sites for hydroxylation is 2. The van der Waals surface area contributed by atoms with Crippen molar-refractivity contribution >= 4 is 28.4 Å². The third kappa shape index (κ3) is 2.75. The molecule has 3 aromatic rings. The number of fused-ring (bicyclic) bond motifs is 6. The lowest BCUT2D eigenvalue weighted by Crippen LogP contribution is -2.47. The molecule has 8 nitrogen and oxygen atoms in total. The number of nitrogens with zero attached hydrogens (tertiary/aromatic N) is 3. The molecule has 1 aliphatic carbocycles. The minimum Gasteiger partial charge on any atom is -0.378 e. The first-order chi connectivity index (χ1) is 15.4. The normalized spacial score (nSPS) is 19.6. The van der Waals surface area contributed by atoms with Crippen molar-refractivity contribution < 1.29 is 14.3 Å². The van der Waals surface area contributed by atoms with Crippen molar-refractivity contribution in [3.05, 3.63) is 35.0 Å². The van der Waals surface area contributed by atoms with Crippen LogP contribution in [0.3, 0.4) is 0 Å². The van der Waals surface area contributed by atoms with E-state index in [4.69, 9.17) is 4.74 Å². The molecular weight excluding hydrogens is 406 g/mol. The molecule has 3 aliphatic rings. The van der Waals surface area contributed by atoms with Gasteiger partial charge >= 0.3 is 0 Å². The van der Waals surface area contributed by atoms with Crippen LogP contribution in [0.4, 0.5) is 5.69 Å². The van der Waals surface area contributed by atoms with E-state index in [2.05, 4.69) is 27.3 Å². The first-order valence-electron chi connectivity index (χ1n) is 11.3. The van der Waals surface area contributed by atoms with Crippen LogP contribution in [0.1, 0.15) is 37.0 Å². The third-order valence-corrected chi connectivity index (χ3v) is 7.26. The number of amides is 2. The van der Waals surface area contributed by atoms with Crippen LogP contribution in [-0.2, 0) is 32.6 Å². The number of nitrogens with one attached hydrogen (secondary N) is 2. The summed E-state index contributed by atoms with van der Waals surface area (Å²) >= 11 is 0. The predicted octanol–water partition coefficient (Wildman–Crippen LogP) is 2.53. The zero-order valence-corrected chi connectivity index (χ0v) is 18.5. The number of hydrogen-bond acceptors (Lipinski definition) is 4. The van der Waals surface area contributed by atoms with Crippen molar-refractivity contribution in [2.75, 3.05) is 37.7 Å². The monoisotopic (exact) mass is 433 g/mol. The molecule has 2 aromatic heterocycles. The summed E-state index contributed by atoms with van der Waals surface area (Å²) in [5.41, 5.74) is 6.79. The van der Waals surface area contributed by atoms with E-state index >= 15 is 0 Å². The minimum absolute atomic E-state index is 0.0243. The van der Waals surface area contributed by atoms with Crippen LogP contribution in [-0.4, -0.2) is 64.7 Å². The molecule has 8 heteroatoms. The Labute approximate surface area is 185 Å². The van der Waals surface area contributed by atoms with Crippen LogP contribution in [0.25, 0.3) is 22.3 Å². The first-order valence-corrected chi connectivity index (χ1v) is 11.3. The topological polar surface area (TPSA) is 94.3 Å². The molecule has 2 aliphatic heterocycles. The molecule has 2 amide bonds. The molecule has 6 rings (SSSR count). The molecule has 32 heavy (non-hydrogen) atoms. The molecule has 1 saturated heterocycles. The Balaban J connectivity index is 1.45. The van der Waals surface area contributed by atoms with Gasteiger partial charge in [0.05, 0.1) is 36.2 Å². The van der Waals surface area contributed by atoms with Crippen molar-refractivity contribution in [2.24, 2.45) is 0 Å². The summed E-state index contributed by atoms with van der Waals surface area (Å²) in [6.45, 7) is 6.21. The Kier molecular flexibility index (Phi) is 4.24. The summed E-state index contributed by atoms with van der Waals surface area (Å²) in [6.07, 6.45) is 4.91. The number of hydrogen-bond donors (Lipinski definition) is 2. The highest BCUT2D eigenvalue weighted by Gasteiger charge is 2.45. The van der Waals surface area contributed by atoms with E-state index in [9.17, 15) is 9.59 Å². The lowest BCUT2D eigenvalue weighted by Gasteiger charge is -2.29. The standard InChI is InChI=1S/C24H27N5O3/c1-24(2)17-11-18-16(15-5-3-4-14-12-25-27-21(14)22(15)26-18)10-19(17)29(23(24)31)13-20(30)28-6-8-32-9-7-28/h10-12,26H,3-9,13H2,1-2H3,(H,25,27). The molecule has 166 valence electrons. The van der Waals surface area contributed by atoms with Crippen molar-refractivity contribution in [2.45, 2.75) is 38.5 Å². The van der Waals surface area contributed by atoms with Crippen molar-refractivity contribution in [1.82, 2.24) is 20.1 Å². The van der Waals surface area contributed by atoms with Crippen molar-refractivity contribution in [3.8, 4) is 11.4 Å². The van der Waals surface area contributed by atoms with Crippen LogP contribution in [0, 0.1) is 0 Å². The van der Waals surface area contributed by atoms with E-state index in [1.165, 1.54) is 11.1 Å². The summed E-state index contributed by atoms with van der Waals surface area (Å²) in [7, 11) is 0. The van der Waals surface area contributed by atoms with Crippen LogP contribution in [0.15, 0.2) is 18.3 Å². The summed E-state index contributed by atoms with van der Waals surface area (Å²) in [5.74, 6) is -0.0518. The fourth-order valence-electron chi connectivity index (χ4n) is 5.42. The maximum Gasteiger partial charge on any atom is 0.242 e. The van der Waals surface area contributed by atoms with Gasteiger partial charge in [0.2, 0.25) is 11.8 Å². The van der Waals surface area contributed by atoms with Crippen LogP contribution in [0.2, 0.25) is 0 Å². The minimum atomic E-state index is -0.684. The molecule has 2 N–H and O–H groups in total. The molecule has 4 heterocycles. The maximum absolute atomic E-state index is 13.4. The lowest BCUT2D eigenvalue weighted by molar-refractivity contribution is -0.135. The van der Waals surface area contributed by atoms with Gasteiger partial charge in [-0.05, 0) is 61.9 Å². The van der Waals surface area contributed by atoms with Crippen molar-refractivity contribution in [3.63, 3.8) is 0 Å². The van der Waals surface area contributed by atoms with E-state index in [0.717, 1.165) is 52.8 Å². The number of rotatable bonds is 2. The maximum atomic E-state index is 13.4. The second-order valence-corrected chi connectivity index (χ2v) is 9.53. The van der Waals surface area contributed by atoms with Crippen molar-refractivity contribution in [1.29, 1.82) is 0 Å². The highest BCUT2D eigenvalue weighted by atomic mass is 16.5. The van der Waals surface area contributed by atoms with Gasteiger partial charge in [0.25, 0.3) is 0 Å². The second kappa shape index (κ2) is 6.93. The number of carbonyl (C=O) groups excluding carboxylic acids is 2. The highest BCUT2D eigenvalue weighted by molar-refractivity contribution is 6.12. The number of H-pyrrole nitrogens is 2. The van der Waals surface area contributed by atoms with Gasteiger partial charge in [0.1, 0.15) is 6.54 Å². The number of anilines is 1. The van der Waals surface area contributed by atoms with Gasteiger partial charge in [-0.15, -0.1) is 0 Å². The first kappa shape index (κ1) is 19.5. The molecule has 0 saturated carbocycles. The Bertz CT molecular complexity index is 1250. The van der Waals surface area contributed by atoms with Gasteiger partial charge in [0.15, 0.2) is 0 Å². The summed E-state index contributed by atoms with van der Waals surface area (Å²) in [5, 5.41) is 8.53. The van der Waals surface area contributed by atoms with Crippen LogP contribution in [0.5, 0.6) is 0 Å². The number of aromatic amines is 2. The lowest BCUT2D eigenvalue weighted by atomic mass is 9.85. The molecular formula is C24H27N5O3. The number of benzene rings is 1. The fourth-order valence-corrected chi connectivity index (χ4v) is 5.42. The smallest absolute Gasteiger partial charge is 0.242 e. The Morgan fingerprint density at radius 3 is 2.81 bits per heavy atom. The molecule has 0 radical (unpaired) electrons. The summed E-state index contributed by atoms with van der Waals surface area (Å²) < 4.78 is 5.37. The number of carbonyl (C=O) groups is 2. The Morgan fingerprint density at radius 2 is 2.00 bits per heavy atom. The van der Waals surface area contributed by atoms with Crippen LogP contribution >= 0.6 is 0 Å². The van der Waals surface area contributed by atoms with Gasteiger partial charge in [-0.25, -0.2) is 0 Å². The molecule has 0 spiro atoms. The van der Waals surface area contributed by atoms with Crippen LogP contribution < -0.4 is 4.90 Å². The van der Waals surface area contributed by atoms with E-state index in [1.807, 2.05) is 20.0 Å². The highest BCUT2D eigenvalue weighted by Crippen LogP contribution is 2.46. The summed E-state index contributed by atoms with van der Waals surface area (Å²) in [4.78, 5) is 33.4. The zero-order valence-electron chi connectivity index (χ0n) is 18.5. The number of morpholine rings is 1. The summed E-state index contributed by atoms with van der Waals surface area (Å²) in [6, 6.07) is 4.22. The Hall–Kier alpha value is -3.13. The van der Waals surface area contributed by atoms with Gasteiger partial charge in [-0.2, -0.15) is 5.10 Å². The SMILES string of the molecule is CC1(C)C(=O)N(CC(=O)N2CCOCC2)c2cc3c4c([nH]c3cc21)-c1[nH]ncc1CCC4. The second-order valence-electron chi connectivity index (χ2n) is 9.53. The molecule has 0 bridgehead atoms. The average molecular weight is 434 g/mol. The number of aromatic nitrogens is 3. The quantitative estimate of drug-likeness (QED) is 0.649. The number of ether oxygens (including phenoxy) is 1. The van der Waals surface area contributed by atoms with E-state index in [1.54, 1.807) is 9.80 Å². The van der Waals surface area contributed by atoms with Gasteiger partial charge in [-0.1, -0.05) is 0 Å². The van der Waals surface area contributed by atoms with Gasteiger partial charge < -0.3 is 19.5 Å². The van der Waals surface area contributed by atoms with E-state index in [0.29, 0.717) is 26.3 Å². The third-order valence-electron chi connectivity index (χ3n) is 7.26. The molecule has 0 unspecified atom stereocenters.